The maximum Gasteiger partial charge on any atom is 0.191 e. The molecule has 0 radical (unpaired) electrons. The zero-order chi connectivity index (χ0) is 21.7. The Balaban J connectivity index is 2.72. The lowest BCUT2D eigenvalue weighted by Crippen LogP contribution is -2.40. The largest absolute Gasteiger partial charge is 0.379 e. The Bertz CT molecular complexity index is 724. The molecule has 0 aliphatic heterocycles. The number of likely N-dealkylation sites (N-methyl/N-ethyl adjacent to an activating group) is 1. The van der Waals surface area contributed by atoms with Gasteiger partial charge in [-0.05, 0) is 31.6 Å². The summed E-state index contributed by atoms with van der Waals surface area (Å²) in [6, 6.07) is 7.98. The molecule has 0 fully saturated rings. The lowest BCUT2D eigenvalue weighted by atomic mass is 10.1. The number of nitrogens with zero attached hydrogens (tertiary/aromatic N) is 2. The zero-order valence-corrected chi connectivity index (χ0v) is 19.5. The predicted octanol–water partition coefficient (Wildman–Crippen LogP) is 2.34. The van der Waals surface area contributed by atoms with Crippen molar-refractivity contribution in [3.63, 3.8) is 0 Å². The number of benzene rings is 1. The molecule has 1 unspecified atom stereocenters. The molecular formula is C20H35ClN4O3S. The summed E-state index contributed by atoms with van der Waals surface area (Å²) < 4.78 is 27.6. The minimum absolute atomic E-state index is 0.0323. The van der Waals surface area contributed by atoms with E-state index in [1.807, 2.05) is 25.1 Å². The Morgan fingerprint density at radius 2 is 1.86 bits per heavy atom. The molecule has 166 valence electrons. The normalized spacial score (nSPS) is 13.5. The highest BCUT2D eigenvalue weighted by molar-refractivity contribution is 7.90. The minimum Gasteiger partial charge on any atom is -0.379 e. The quantitative estimate of drug-likeness (QED) is 0.275. The SMILES string of the molecule is CCNC(=NCC(c1ccccc1Cl)N(CC)CC)NCCOCCS(C)(=O)=O. The van der Waals surface area contributed by atoms with Gasteiger partial charge in [0.25, 0.3) is 0 Å². The van der Waals surface area contributed by atoms with Crippen LogP contribution in [-0.4, -0.2) is 77.2 Å². The summed E-state index contributed by atoms with van der Waals surface area (Å²) in [5, 5.41) is 7.20. The highest BCUT2D eigenvalue weighted by Gasteiger charge is 2.20. The number of aliphatic imine (C=N–C) groups is 1. The molecule has 0 amide bonds. The van der Waals surface area contributed by atoms with E-state index < -0.39 is 9.84 Å². The number of halogens is 1. The molecule has 0 aliphatic rings. The molecule has 0 saturated carbocycles. The monoisotopic (exact) mass is 446 g/mol. The first-order valence-electron chi connectivity index (χ1n) is 10.1. The Labute approximate surface area is 180 Å². The summed E-state index contributed by atoms with van der Waals surface area (Å²) in [5.74, 6) is 0.730. The summed E-state index contributed by atoms with van der Waals surface area (Å²) in [5.41, 5.74) is 1.07. The van der Waals surface area contributed by atoms with Gasteiger partial charge < -0.3 is 15.4 Å². The van der Waals surface area contributed by atoms with Gasteiger partial charge in [-0.25, -0.2) is 8.42 Å². The van der Waals surface area contributed by atoms with Crippen LogP contribution in [0.2, 0.25) is 5.02 Å². The average molecular weight is 447 g/mol. The first-order valence-corrected chi connectivity index (χ1v) is 12.5. The third kappa shape index (κ3) is 10.3. The van der Waals surface area contributed by atoms with E-state index in [1.54, 1.807) is 0 Å². The van der Waals surface area contributed by atoms with Crippen molar-refractivity contribution >= 4 is 27.4 Å². The van der Waals surface area contributed by atoms with Crippen LogP contribution in [0.4, 0.5) is 0 Å². The van der Waals surface area contributed by atoms with E-state index in [2.05, 4.69) is 35.4 Å². The van der Waals surface area contributed by atoms with Crippen LogP contribution in [0, 0.1) is 0 Å². The van der Waals surface area contributed by atoms with E-state index in [-0.39, 0.29) is 18.4 Å². The van der Waals surface area contributed by atoms with E-state index in [9.17, 15) is 8.42 Å². The smallest absolute Gasteiger partial charge is 0.191 e. The number of hydrogen-bond donors (Lipinski definition) is 2. The third-order valence-electron chi connectivity index (χ3n) is 4.42. The van der Waals surface area contributed by atoms with Crippen LogP contribution in [0.5, 0.6) is 0 Å². The van der Waals surface area contributed by atoms with E-state index in [0.29, 0.717) is 25.7 Å². The Kier molecular flexibility index (Phi) is 12.2. The molecule has 7 nitrogen and oxygen atoms in total. The number of rotatable bonds is 13. The Hall–Kier alpha value is -1.35. The van der Waals surface area contributed by atoms with Crippen molar-refractivity contribution in [3.05, 3.63) is 34.9 Å². The van der Waals surface area contributed by atoms with Crippen molar-refractivity contribution in [2.24, 2.45) is 4.99 Å². The van der Waals surface area contributed by atoms with Gasteiger partial charge >= 0.3 is 0 Å². The molecule has 0 aliphatic carbocycles. The van der Waals surface area contributed by atoms with Crippen molar-refractivity contribution < 1.29 is 13.2 Å². The number of sulfone groups is 1. The molecule has 29 heavy (non-hydrogen) atoms. The van der Waals surface area contributed by atoms with Crippen LogP contribution in [0.1, 0.15) is 32.4 Å². The molecule has 0 bridgehead atoms. The number of guanidine groups is 1. The van der Waals surface area contributed by atoms with E-state index in [0.717, 1.165) is 30.2 Å². The number of ether oxygens (including phenoxy) is 1. The molecule has 2 N–H and O–H groups in total. The molecule has 0 saturated heterocycles. The van der Waals surface area contributed by atoms with E-state index >= 15 is 0 Å². The Morgan fingerprint density at radius 1 is 1.17 bits per heavy atom. The molecule has 1 rings (SSSR count). The van der Waals surface area contributed by atoms with Crippen molar-refractivity contribution in [1.29, 1.82) is 0 Å². The highest BCUT2D eigenvalue weighted by Crippen LogP contribution is 2.27. The summed E-state index contributed by atoms with van der Waals surface area (Å²) in [7, 11) is -2.99. The topological polar surface area (TPSA) is 83.0 Å². The summed E-state index contributed by atoms with van der Waals surface area (Å²) in [6.45, 7) is 10.5. The number of nitrogens with one attached hydrogen (secondary N) is 2. The van der Waals surface area contributed by atoms with E-state index in [4.69, 9.17) is 21.3 Å². The fourth-order valence-corrected chi connectivity index (χ4v) is 3.58. The minimum atomic E-state index is -2.99. The first-order chi connectivity index (χ1) is 13.8. The van der Waals surface area contributed by atoms with Gasteiger partial charge in [-0.15, -0.1) is 0 Å². The second-order valence-corrected chi connectivity index (χ2v) is 9.31. The average Bonchev–Trinajstić information content (AvgIpc) is 2.67. The van der Waals surface area contributed by atoms with Gasteiger partial charge in [0, 0.05) is 24.4 Å². The third-order valence-corrected chi connectivity index (χ3v) is 5.67. The van der Waals surface area contributed by atoms with Gasteiger partial charge in [0.05, 0.1) is 31.6 Å². The highest BCUT2D eigenvalue weighted by atomic mass is 35.5. The molecule has 0 heterocycles. The molecule has 1 aromatic carbocycles. The van der Waals surface area contributed by atoms with Crippen molar-refractivity contribution in [2.75, 3.05) is 57.9 Å². The molecule has 9 heteroatoms. The maximum absolute atomic E-state index is 11.1. The second-order valence-electron chi connectivity index (χ2n) is 6.65. The van der Waals surface area contributed by atoms with Gasteiger partial charge in [-0.2, -0.15) is 0 Å². The summed E-state index contributed by atoms with van der Waals surface area (Å²) in [4.78, 5) is 7.08. The standard InChI is InChI=1S/C20H35ClN4O3S/c1-5-22-20(23-12-13-28-14-15-29(4,26)27)24-16-19(25(6-2)7-3)17-10-8-9-11-18(17)21/h8-11,19H,5-7,12-16H2,1-4H3,(H2,22,23,24). The molecule has 0 aromatic heterocycles. The Morgan fingerprint density at radius 3 is 2.45 bits per heavy atom. The fourth-order valence-electron chi connectivity index (χ4n) is 2.89. The van der Waals surface area contributed by atoms with Crippen LogP contribution >= 0.6 is 11.6 Å². The van der Waals surface area contributed by atoms with Crippen LogP contribution in [-0.2, 0) is 14.6 Å². The van der Waals surface area contributed by atoms with Crippen LogP contribution in [0.15, 0.2) is 29.3 Å². The number of hydrogen-bond acceptors (Lipinski definition) is 5. The van der Waals surface area contributed by atoms with Crippen molar-refractivity contribution in [3.8, 4) is 0 Å². The van der Waals surface area contributed by atoms with E-state index in [1.165, 1.54) is 6.26 Å². The van der Waals surface area contributed by atoms with Crippen molar-refractivity contribution in [2.45, 2.75) is 26.8 Å². The maximum atomic E-state index is 11.1. The molecule has 1 aromatic rings. The predicted molar refractivity (Wildman–Crippen MR) is 122 cm³/mol. The van der Waals surface area contributed by atoms with Gasteiger partial charge in [0.1, 0.15) is 9.84 Å². The van der Waals surface area contributed by atoms with Crippen LogP contribution in [0.3, 0.4) is 0 Å². The summed E-state index contributed by atoms with van der Waals surface area (Å²) >= 11 is 6.45. The van der Waals surface area contributed by atoms with Gasteiger partial charge in [0.15, 0.2) is 5.96 Å². The van der Waals surface area contributed by atoms with Gasteiger partial charge in [0.2, 0.25) is 0 Å². The lowest BCUT2D eigenvalue weighted by Gasteiger charge is -2.29. The first kappa shape index (κ1) is 25.7. The zero-order valence-electron chi connectivity index (χ0n) is 17.9. The van der Waals surface area contributed by atoms with Crippen molar-refractivity contribution in [1.82, 2.24) is 15.5 Å². The lowest BCUT2D eigenvalue weighted by molar-refractivity contribution is 0.154. The second kappa shape index (κ2) is 13.8. The summed E-state index contributed by atoms with van der Waals surface area (Å²) in [6.07, 6.45) is 1.20. The molecule has 1 atom stereocenters. The molecular weight excluding hydrogens is 412 g/mol. The van der Waals surface area contributed by atoms with Gasteiger partial charge in [-0.3, -0.25) is 9.89 Å². The molecule has 0 spiro atoms. The van der Waals surface area contributed by atoms with Gasteiger partial charge in [-0.1, -0.05) is 43.6 Å². The fraction of sp³-hybridized carbons (Fsp3) is 0.650. The van der Waals surface area contributed by atoms with Crippen LogP contribution < -0.4 is 10.6 Å². The van der Waals surface area contributed by atoms with Crippen LogP contribution in [0.25, 0.3) is 0 Å².